The number of amides is 1. The van der Waals surface area contributed by atoms with Gasteiger partial charge in [0.15, 0.2) is 0 Å². The zero-order chi connectivity index (χ0) is 26.0. The fourth-order valence-corrected chi connectivity index (χ4v) is 6.20. The van der Waals surface area contributed by atoms with Crippen LogP contribution in [-0.2, 0) is 16.9 Å². The van der Waals surface area contributed by atoms with Crippen molar-refractivity contribution in [2.24, 2.45) is 0 Å². The van der Waals surface area contributed by atoms with E-state index < -0.39 is 0 Å². The molecule has 4 nitrogen and oxygen atoms in total. The van der Waals surface area contributed by atoms with Crippen LogP contribution in [-0.4, -0.2) is 48.9 Å². The number of hydrogen-bond acceptors (Lipinski definition) is 3. The number of likely N-dealkylation sites (tertiary alicyclic amines) is 1. The third-order valence-corrected chi connectivity index (χ3v) is 9.08. The van der Waals surface area contributed by atoms with Crippen molar-refractivity contribution in [3.63, 3.8) is 0 Å². The molecular formula is C30H31BrCl2N2O2. The molecule has 0 radical (unpaired) electrons. The normalized spacial score (nSPS) is 17.5. The molecule has 1 atom stereocenters. The zero-order valence-electron chi connectivity index (χ0n) is 20.9. The fraction of sp³-hybridized carbons (Fsp3) is 0.367. The molecule has 1 fully saturated rings. The van der Waals surface area contributed by atoms with Crippen molar-refractivity contribution in [1.29, 1.82) is 0 Å². The molecule has 2 aliphatic heterocycles. The topological polar surface area (TPSA) is 32.8 Å². The van der Waals surface area contributed by atoms with Crippen LogP contribution in [0.15, 0.2) is 71.2 Å². The maximum atomic E-state index is 13.1. The zero-order valence-corrected chi connectivity index (χ0v) is 24.0. The summed E-state index contributed by atoms with van der Waals surface area (Å²) in [4.78, 5) is 17.5. The standard InChI is InChI=1S/C30H31BrCl2N2O2/c1-34(29(36)21-6-9-25(31)10-7-21)19-23(22-8-11-27(32)28(33)18-22)12-15-35-16-13-30(14-17-35)26-5-3-2-4-24(26)20-37-30/h2-11,18,23H,12-17,19-20H2,1H3. The lowest BCUT2D eigenvalue weighted by atomic mass is 9.83. The van der Waals surface area contributed by atoms with Gasteiger partial charge in [-0.1, -0.05) is 69.5 Å². The molecule has 7 heteroatoms. The van der Waals surface area contributed by atoms with Crippen LogP contribution in [0.2, 0.25) is 10.0 Å². The number of halogens is 3. The van der Waals surface area contributed by atoms with Crippen LogP contribution in [0.5, 0.6) is 0 Å². The maximum Gasteiger partial charge on any atom is 0.253 e. The SMILES string of the molecule is CN(CC(CCN1CCC2(CC1)OCc1ccccc12)c1ccc(Cl)c(Cl)c1)C(=O)c1ccc(Br)cc1. The number of nitrogens with zero attached hydrogens (tertiary/aromatic N) is 2. The quantitative estimate of drug-likeness (QED) is 0.281. The third kappa shape index (κ3) is 5.91. The average Bonchev–Trinajstić information content (AvgIpc) is 3.27. The summed E-state index contributed by atoms with van der Waals surface area (Å²) < 4.78 is 7.30. The van der Waals surface area contributed by atoms with E-state index in [4.69, 9.17) is 27.9 Å². The van der Waals surface area contributed by atoms with E-state index in [1.165, 1.54) is 11.1 Å². The molecule has 0 saturated carbocycles. The van der Waals surface area contributed by atoms with Gasteiger partial charge in [0.05, 0.1) is 22.3 Å². The molecule has 1 saturated heterocycles. The first-order valence-electron chi connectivity index (χ1n) is 12.8. The van der Waals surface area contributed by atoms with Crippen LogP contribution in [0.25, 0.3) is 0 Å². The summed E-state index contributed by atoms with van der Waals surface area (Å²) >= 11 is 16.0. The molecule has 194 valence electrons. The lowest BCUT2D eigenvalue weighted by Crippen LogP contribution is -2.43. The minimum absolute atomic E-state index is 0.00882. The Morgan fingerprint density at radius 1 is 1.05 bits per heavy atom. The van der Waals surface area contributed by atoms with Crippen molar-refractivity contribution < 1.29 is 9.53 Å². The van der Waals surface area contributed by atoms with Gasteiger partial charge in [-0.2, -0.15) is 0 Å². The van der Waals surface area contributed by atoms with E-state index >= 15 is 0 Å². The van der Waals surface area contributed by atoms with E-state index in [0.29, 0.717) is 28.8 Å². The highest BCUT2D eigenvalue weighted by atomic mass is 79.9. The van der Waals surface area contributed by atoms with Gasteiger partial charge in [0.25, 0.3) is 5.91 Å². The maximum absolute atomic E-state index is 13.1. The van der Waals surface area contributed by atoms with Gasteiger partial charge in [-0.15, -0.1) is 0 Å². The average molecular weight is 602 g/mol. The van der Waals surface area contributed by atoms with Crippen molar-refractivity contribution in [2.45, 2.75) is 37.4 Å². The highest BCUT2D eigenvalue weighted by Gasteiger charge is 2.42. The molecule has 0 aromatic heterocycles. The molecule has 1 spiro atoms. The number of rotatable bonds is 7. The van der Waals surface area contributed by atoms with Crippen LogP contribution in [0.3, 0.4) is 0 Å². The van der Waals surface area contributed by atoms with Crippen LogP contribution >= 0.6 is 39.1 Å². The summed E-state index contributed by atoms with van der Waals surface area (Å²) in [6.45, 7) is 4.25. The van der Waals surface area contributed by atoms with E-state index in [0.717, 1.165) is 48.9 Å². The second kappa shape index (κ2) is 11.5. The summed E-state index contributed by atoms with van der Waals surface area (Å²) in [5, 5.41) is 1.09. The fourth-order valence-electron chi connectivity index (χ4n) is 5.63. The summed E-state index contributed by atoms with van der Waals surface area (Å²) in [5.41, 5.74) is 4.35. The monoisotopic (exact) mass is 600 g/mol. The van der Waals surface area contributed by atoms with Gasteiger partial charge in [0.2, 0.25) is 0 Å². The summed E-state index contributed by atoms with van der Waals surface area (Å²) in [6.07, 6.45) is 2.92. The van der Waals surface area contributed by atoms with Crippen molar-refractivity contribution in [3.8, 4) is 0 Å². The minimum Gasteiger partial charge on any atom is -0.365 e. The number of fused-ring (bicyclic) bond motifs is 2. The summed E-state index contributed by atoms with van der Waals surface area (Å²) in [6, 6.07) is 22.0. The number of likely N-dealkylation sites (N-methyl/N-ethyl adjacent to an activating group) is 1. The Morgan fingerprint density at radius 2 is 1.78 bits per heavy atom. The van der Waals surface area contributed by atoms with Gasteiger partial charge in [0.1, 0.15) is 0 Å². The predicted octanol–water partition coefficient (Wildman–Crippen LogP) is 7.52. The summed E-state index contributed by atoms with van der Waals surface area (Å²) in [7, 11) is 1.87. The third-order valence-electron chi connectivity index (χ3n) is 7.82. The molecular weight excluding hydrogens is 571 g/mol. The molecule has 5 rings (SSSR count). The van der Waals surface area contributed by atoms with Crippen LogP contribution in [0, 0.1) is 0 Å². The second-order valence-corrected chi connectivity index (χ2v) is 11.9. The molecule has 0 N–H and O–H groups in total. The van der Waals surface area contributed by atoms with E-state index in [2.05, 4.69) is 45.1 Å². The van der Waals surface area contributed by atoms with Gasteiger partial charge < -0.3 is 14.5 Å². The lowest BCUT2D eigenvalue weighted by molar-refractivity contribution is -0.0790. The van der Waals surface area contributed by atoms with Crippen LogP contribution in [0.4, 0.5) is 0 Å². The van der Waals surface area contributed by atoms with Gasteiger partial charge in [-0.05, 0) is 78.9 Å². The number of carbonyl (C=O) groups is 1. The Morgan fingerprint density at radius 3 is 2.51 bits per heavy atom. The van der Waals surface area contributed by atoms with Crippen LogP contribution in [0.1, 0.15) is 52.2 Å². The Bertz CT molecular complexity index is 1260. The van der Waals surface area contributed by atoms with E-state index in [-0.39, 0.29) is 17.4 Å². The van der Waals surface area contributed by atoms with Crippen molar-refractivity contribution in [2.75, 3.05) is 33.2 Å². The highest BCUT2D eigenvalue weighted by molar-refractivity contribution is 9.10. The Labute approximate surface area is 237 Å². The smallest absolute Gasteiger partial charge is 0.253 e. The van der Waals surface area contributed by atoms with Gasteiger partial charge in [0, 0.05) is 42.6 Å². The van der Waals surface area contributed by atoms with E-state index in [1.54, 1.807) is 0 Å². The van der Waals surface area contributed by atoms with Crippen molar-refractivity contribution in [3.05, 3.63) is 104 Å². The Hall–Kier alpha value is -1.89. The van der Waals surface area contributed by atoms with Gasteiger partial charge in [-0.25, -0.2) is 0 Å². The van der Waals surface area contributed by atoms with Crippen molar-refractivity contribution >= 4 is 45.0 Å². The Kier molecular flexibility index (Phi) is 8.28. The number of ether oxygens (including phenoxy) is 1. The first-order chi connectivity index (χ1) is 17.8. The number of hydrogen-bond donors (Lipinski definition) is 0. The first kappa shape index (κ1) is 26.7. The number of piperidine rings is 1. The lowest BCUT2D eigenvalue weighted by Gasteiger charge is -2.40. The molecule has 2 heterocycles. The van der Waals surface area contributed by atoms with Gasteiger partial charge in [-0.3, -0.25) is 4.79 Å². The molecule has 0 aliphatic carbocycles. The predicted molar refractivity (Wildman–Crippen MR) is 154 cm³/mol. The molecule has 37 heavy (non-hydrogen) atoms. The molecule has 3 aromatic rings. The number of carbonyl (C=O) groups excluding carboxylic acids is 1. The Balaban J connectivity index is 1.25. The molecule has 1 amide bonds. The number of benzene rings is 3. The van der Waals surface area contributed by atoms with Crippen molar-refractivity contribution in [1.82, 2.24) is 9.80 Å². The van der Waals surface area contributed by atoms with E-state index in [1.807, 2.05) is 54.4 Å². The van der Waals surface area contributed by atoms with Gasteiger partial charge >= 0.3 is 0 Å². The molecule has 2 aliphatic rings. The first-order valence-corrected chi connectivity index (χ1v) is 14.3. The minimum atomic E-state index is -0.131. The molecule has 1 unspecified atom stereocenters. The summed E-state index contributed by atoms with van der Waals surface area (Å²) in [5.74, 6) is 0.146. The molecule has 3 aromatic carbocycles. The molecule has 0 bridgehead atoms. The highest BCUT2D eigenvalue weighted by Crippen LogP contribution is 2.44. The van der Waals surface area contributed by atoms with Crippen LogP contribution < -0.4 is 0 Å². The second-order valence-electron chi connectivity index (χ2n) is 10.1. The van der Waals surface area contributed by atoms with E-state index in [9.17, 15) is 4.79 Å². The largest absolute Gasteiger partial charge is 0.365 e.